The summed E-state index contributed by atoms with van der Waals surface area (Å²) in [7, 11) is 0. The summed E-state index contributed by atoms with van der Waals surface area (Å²) in [6, 6.07) is 3.53. The van der Waals surface area contributed by atoms with E-state index in [1.807, 2.05) is 0 Å². The van der Waals surface area contributed by atoms with Crippen LogP contribution in [0.3, 0.4) is 0 Å². The highest BCUT2D eigenvalue weighted by Crippen LogP contribution is 2.17. The zero-order chi connectivity index (χ0) is 13.7. The summed E-state index contributed by atoms with van der Waals surface area (Å²) in [5.74, 6) is -0.829. The van der Waals surface area contributed by atoms with E-state index in [1.54, 1.807) is 24.5 Å². The minimum Gasteiger partial charge on any atom is -0.481 e. The molecule has 1 fully saturated rings. The van der Waals surface area contributed by atoms with Crippen LogP contribution in [0, 0.1) is 5.92 Å². The number of carbonyl (C=O) groups is 2. The van der Waals surface area contributed by atoms with Gasteiger partial charge in [-0.25, -0.2) is 0 Å². The molecule has 2 heterocycles. The first-order valence-corrected chi connectivity index (χ1v) is 6.55. The van der Waals surface area contributed by atoms with Crippen LogP contribution in [0.25, 0.3) is 0 Å². The quantitative estimate of drug-likeness (QED) is 0.813. The number of ketones is 1. The fraction of sp³-hybridized carbons (Fsp3) is 0.500. The van der Waals surface area contributed by atoms with Gasteiger partial charge in [-0.2, -0.15) is 0 Å². The van der Waals surface area contributed by atoms with Crippen LogP contribution in [0.1, 0.15) is 29.6 Å². The number of carboxylic acid groups (broad SMARTS) is 1. The number of rotatable bonds is 5. The van der Waals surface area contributed by atoms with Crippen molar-refractivity contribution >= 4 is 11.8 Å². The fourth-order valence-electron chi connectivity index (χ4n) is 2.34. The number of pyridine rings is 1. The van der Waals surface area contributed by atoms with Crippen LogP contribution in [0.15, 0.2) is 24.5 Å². The molecular weight excluding hydrogens is 244 g/mol. The van der Waals surface area contributed by atoms with E-state index >= 15 is 0 Å². The molecule has 0 unspecified atom stereocenters. The number of Topliss-reactive ketones (excluding diaryl/α,β-unsaturated/α-hetero) is 1. The van der Waals surface area contributed by atoms with Crippen LogP contribution in [0.5, 0.6) is 0 Å². The molecule has 0 amide bonds. The minimum absolute atomic E-state index is 0.0912. The van der Waals surface area contributed by atoms with Crippen molar-refractivity contribution < 1.29 is 14.7 Å². The van der Waals surface area contributed by atoms with Crippen LogP contribution in [-0.2, 0) is 4.79 Å². The average Bonchev–Trinajstić information content (AvgIpc) is 2.46. The lowest BCUT2D eigenvalue weighted by atomic mass is 9.97. The number of carboxylic acids is 1. The first-order chi connectivity index (χ1) is 9.16. The highest BCUT2D eigenvalue weighted by atomic mass is 16.4. The summed E-state index contributed by atoms with van der Waals surface area (Å²) < 4.78 is 0. The highest BCUT2D eigenvalue weighted by molar-refractivity contribution is 5.95. The smallest absolute Gasteiger partial charge is 0.306 e. The highest BCUT2D eigenvalue weighted by Gasteiger charge is 2.24. The van der Waals surface area contributed by atoms with Crippen LogP contribution in [-0.4, -0.2) is 46.4 Å². The fourth-order valence-corrected chi connectivity index (χ4v) is 2.34. The Morgan fingerprint density at radius 3 is 2.68 bits per heavy atom. The van der Waals surface area contributed by atoms with Crippen LogP contribution >= 0.6 is 0 Å². The summed E-state index contributed by atoms with van der Waals surface area (Å²) in [5.41, 5.74) is 0.642. The number of hydrogen-bond acceptors (Lipinski definition) is 4. The van der Waals surface area contributed by atoms with Gasteiger partial charge < -0.3 is 10.0 Å². The van der Waals surface area contributed by atoms with Crippen molar-refractivity contribution in [2.45, 2.75) is 19.3 Å². The van der Waals surface area contributed by atoms with E-state index in [2.05, 4.69) is 9.88 Å². The topological polar surface area (TPSA) is 70.5 Å². The van der Waals surface area contributed by atoms with Crippen molar-refractivity contribution in [3.63, 3.8) is 0 Å². The molecule has 0 aliphatic carbocycles. The Morgan fingerprint density at radius 2 is 2.11 bits per heavy atom. The zero-order valence-electron chi connectivity index (χ0n) is 10.8. The molecule has 1 aliphatic rings. The molecular formula is C14H18N2O3. The van der Waals surface area contributed by atoms with E-state index < -0.39 is 5.97 Å². The molecule has 0 saturated carbocycles. The lowest BCUT2D eigenvalue weighted by molar-refractivity contribution is -0.143. The van der Waals surface area contributed by atoms with E-state index in [4.69, 9.17) is 5.11 Å². The molecule has 1 N–H and O–H groups in total. The monoisotopic (exact) mass is 262 g/mol. The molecule has 0 spiro atoms. The molecule has 0 aromatic carbocycles. The third kappa shape index (κ3) is 3.86. The van der Waals surface area contributed by atoms with E-state index in [-0.39, 0.29) is 11.7 Å². The molecule has 1 aliphatic heterocycles. The number of carbonyl (C=O) groups excluding carboxylic acids is 1. The molecule has 19 heavy (non-hydrogen) atoms. The lowest BCUT2D eigenvalue weighted by Crippen LogP contribution is -2.37. The third-order valence-electron chi connectivity index (χ3n) is 3.58. The maximum absolute atomic E-state index is 11.9. The van der Waals surface area contributed by atoms with E-state index in [9.17, 15) is 9.59 Å². The Morgan fingerprint density at radius 1 is 1.37 bits per heavy atom. The summed E-state index contributed by atoms with van der Waals surface area (Å²) in [6.07, 6.45) is 5.04. The molecule has 0 bridgehead atoms. The molecule has 102 valence electrons. The Kier molecular flexibility index (Phi) is 4.63. The van der Waals surface area contributed by atoms with Gasteiger partial charge in [-0.3, -0.25) is 14.6 Å². The second kappa shape index (κ2) is 6.43. The van der Waals surface area contributed by atoms with Gasteiger partial charge in [0.2, 0.25) is 0 Å². The average molecular weight is 262 g/mol. The summed E-state index contributed by atoms with van der Waals surface area (Å²) in [6.45, 7) is 2.22. The molecule has 5 nitrogen and oxygen atoms in total. The van der Waals surface area contributed by atoms with Crippen LogP contribution in [0.2, 0.25) is 0 Å². The van der Waals surface area contributed by atoms with Crippen LogP contribution < -0.4 is 0 Å². The number of likely N-dealkylation sites (tertiary alicyclic amines) is 1. The van der Waals surface area contributed by atoms with Gasteiger partial charge in [-0.15, -0.1) is 0 Å². The Balaban J connectivity index is 1.75. The lowest BCUT2D eigenvalue weighted by Gasteiger charge is -2.29. The van der Waals surface area contributed by atoms with Crippen molar-refractivity contribution in [1.29, 1.82) is 0 Å². The first kappa shape index (κ1) is 13.7. The Labute approximate surface area is 112 Å². The number of piperidine rings is 1. The SMILES string of the molecule is O=C(CCN1CCC(C(=O)O)CC1)c1cccnc1. The predicted molar refractivity (Wildman–Crippen MR) is 70.0 cm³/mol. The Hall–Kier alpha value is -1.75. The van der Waals surface area contributed by atoms with Crippen molar-refractivity contribution in [2.24, 2.45) is 5.92 Å². The van der Waals surface area contributed by atoms with Crippen molar-refractivity contribution in [3.05, 3.63) is 30.1 Å². The normalized spacial score (nSPS) is 17.3. The second-order valence-corrected chi connectivity index (χ2v) is 4.87. The number of hydrogen-bond donors (Lipinski definition) is 1. The molecule has 1 aromatic rings. The molecule has 1 saturated heterocycles. The van der Waals surface area contributed by atoms with Gasteiger partial charge in [0.15, 0.2) is 5.78 Å². The van der Waals surface area contributed by atoms with Gasteiger partial charge in [-0.1, -0.05) is 0 Å². The van der Waals surface area contributed by atoms with Crippen molar-refractivity contribution in [2.75, 3.05) is 19.6 Å². The maximum Gasteiger partial charge on any atom is 0.306 e. The largest absolute Gasteiger partial charge is 0.481 e. The minimum atomic E-state index is -0.703. The van der Waals surface area contributed by atoms with Gasteiger partial charge in [0, 0.05) is 30.9 Å². The Bertz CT molecular complexity index is 439. The van der Waals surface area contributed by atoms with Crippen molar-refractivity contribution in [3.8, 4) is 0 Å². The summed E-state index contributed by atoms with van der Waals surface area (Å²) in [4.78, 5) is 28.8. The number of aromatic nitrogens is 1. The predicted octanol–water partition coefficient (Wildman–Crippen LogP) is 1.45. The third-order valence-corrected chi connectivity index (χ3v) is 3.58. The van der Waals surface area contributed by atoms with Gasteiger partial charge in [0.05, 0.1) is 5.92 Å². The van der Waals surface area contributed by atoms with Gasteiger partial charge in [-0.05, 0) is 38.1 Å². The standard InChI is InChI=1S/C14H18N2O3/c17-13(12-2-1-6-15-10-12)5-9-16-7-3-11(4-8-16)14(18)19/h1-2,6,10-11H,3-5,7-9H2,(H,18,19). The van der Waals surface area contributed by atoms with E-state index in [0.717, 1.165) is 13.1 Å². The molecule has 0 radical (unpaired) electrons. The van der Waals surface area contributed by atoms with Gasteiger partial charge in [0.1, 0.15) is 0 Å². The molecule has 5 heteroatoms. The molecule has 1 aromatic heterocycles. The number of aliphatic carboxylic acids is 1. The zero-order valence-corrected chi connectivity index (χ0v) is 10.8. The summed E-state index contributed by atoms with van der Waals surface area (Å²) >= 11 is 0. The molecule has 2 rings (SSSR count). The van der Waals surface area contributed by atoms with Gasteiger partial charge >= 0.3 is 5.97 Å². The second-order valence-electron chi connectivity index (χ2n) is 4.87. The van der Waals surface area contributed by atoms with E-state index in [1.165, 1.54) is 0 Å². The van der Waals surface area contributed by atoms with Crippen LogP contribution in [0.4, 0.5) is 0 Å². The molecule has 0 atom stereocenters. The number of nitrogens with zero attached hydrogens (tertiary/aromatic N) is 2. The summed E-state index contributed by atoms with van der Waals surface area (Å²) in [5, 5.41) is 8.91. The first-order valence-electron chi connectivity index (χ1n) is 6.55. The van der Waals surface area contributed by atoms with Crippen molar-refractivity contribution in [1.82, 2.24) is 9.88 Å². The van der Waals surface area contributed by atoms with E-state index in [0.29, 0.717) is 31.4 Å². The maximum atomic E-state index is 11.9. The van der Waals surface area contributed by atoms with Gasteiger partial charge in [0.25, 0.3) is 0 Å².